The van der Waals surface area contributed by atoms with E-state index in [1.165, 1.54) is 34.4 Å². The predicted molar refractivity (Wildman–Crippen MR) is 117 cm³/mol. The van der Waals surface area contributed by atoms with Gasteiger partial charge in [0.1, 0.15) is 12.4 Å². The van der Waals surface area contributed by atoms with Crippen molar-refractivity contribution in [2.45, 2.75) is 12.3 Å². The van der Waals surface area contributed by atoms with Gasteiger partial charge in [-0.25, -0.2) is 9.59 Å². The SMILES string of the molecule is O=C(NCCCOc1cccc(C(=O)O)c1)OCC1c2ccccc2-c2ccccc21. The van der Waals surface area contributed by atoms with E-state index in [-0.39, 0.29) is 18.1 Å². The molecule has 6 heteroatoms. The molecule has 3 aromatic rings. The highest BCUT2D eigenvalue weighted by molar-refractivity contribution is 5.88. The quantitative estimate of drug-likeness (QED) is 0.519. The van der Waals surface area contributed by atoms with Gasteiger partial charge in [-0.05, 0) is 46.9 Å². The number of hydrogen-bond acceptors (Lipinski definition) is 4. The molecule has 2 N–H and O–H groups in total. The molecule has 0 bridgehead atoms. The molecule has 3 aromatic carbocycles. The lowest BCUT2D eigenvalue weighted by molar-refractivity contribution is 0.0696. The molecule has 6 nitrogen and oxygen atoms in total. The molecule has 0 saturated heterocycles. The maximum atomic E-state index is 12.1. The van der Waals surface area contributed by atoms with E-state index in [4.69, 9.17) is 14.6 Å². The van der Waals surface area contributed by atoms with Crippen LogP contribution in [0.15, 0.2) is 72.8 Å². The molecule has 0 aliphatic heterocycles. The van der Waals surface area contributed by atoms with Crippen molar-refractivity contribution >= 4 is 12.1 Å². The third kappa shape index (κ3) is 4.69. The molecule has 0 fully saturated rings. The number of aromatic carboxylic acids is 1. The van der Waals surface area contributed by atoms with E-state index in [1.54, 1.807) is 12.1 Å². The molecule has 31 heavy (non-hydrogen) atoms. The summed E-state index contributed by atoms with van der Waals surface area (Å²) in [6, 6.07) is 22.7. The lowest BCUT2D eigenvalue weighted by Crippen LogP contribution is -2.27. The van der Waals surface area contributed by atoms with Crippen LogP contribution < -0.4 is 10.1 Å². The zero-order valence-electron chi connectivity index (χ0n) is 16.9. The third-order valence-electron chi connectivity index (χ3n) is 5.28. The Hall–Kier alpha value is -3.80. The molecule has 158 valence electrons. The van der Waals surface area contributed by atoms with Gasteiger partial charge in [0.05, 0.1) is 12.2 Å². The Morgan fingerprint density at radius 3 is 2.26 bits per heavy atom. The van der Waals surface area contributed by atoms with E-state index < -0.39 is 12.1 Å². The van der Waals surface area contributed by atoms with Crippen LogP contribution >= 0.6 is 0 Å². The van der Waals surface area contributed by atoms with Crippen molar-refractivity contribution in [3.63, 3.8) is 0 Å². The van der Waals surface area contributed by atoms with E-state index in [2.05, 4.69) is 29.6 Å². The molecule has 4 rings (SSSR count). The minimum Gasteiger partial charge on any atom is -0.494 e. The van der Waals surface area contributed by atoms with Crippen molar-refractivity contribution < 1.29 is 24.2 Å². The number of ether oxygens (including phenoxy) is 2. The average molecular weight is 417 g/mol. The van der Waals surface area contributed by atoms with Crippen LogP contribution in [0.2, 0.25) is 0 Å². The highest BCUT2D eigenvalue weighted by atomic mass is 16.5. The second-order valence-corrected chi connectivity index (χ2v) is 7.29. The van der Waals surface area contributed by atoms with Crippen LogP contribution in [-0.4, -0.2) is 36.9 Å². The Bertz CT molecular complexity index is 1050. The number of amides is 1. The molecule has 0 heterocycles. The smallest absolute Gasteiger partial charge is 0.407 e. The van der Waals surface area contributed by atoms with Gasteiger partial charge in [-0.15, -0.1) is 0 Å². The van der Waals surface area contributed by atoms with Crippen molar-refractivity contribution in [2.75, 3.05) is 19.8 Å². The third-order valence-corrected chi connectivity index (χ3v) is 5.28. The maximum absolute atomic E-state index is 12.1. The lowest BCUT2D eigenvalue weighted by Gasteiger charge is -2.14. The summed E-state index contributed by atoms with van der Waals surface area (Å²) in [5, 5.41) is 11.7. The number of fused-ring (bicyclic) bond motifs is 3. The summed E-state index contributed by atoms with van der Waals surface area (Å²) < 4.78 is 11.0. The molecule has 1 amide bonds. The van der Waals surface area contributed by atoms with Crippen LogP contribution in [0.4, 0.5) is 4.79 Å². The fraction of sp³-hybridized carbons (Fsp3) is 0.200. The summed E-state index contributed by atoms with van der Waals surface area (Å²) in [5.41, 5.74) is 4.91. The van der Waals surface area contributed by atoms with Crippen LogP contribution in [0.25, 0.3) is 11.1 Å². The Balaban J connectivity index is 1.22. The summed E-state index contributed by atoms with van der Waals surface area (Å²) in [5.74, 6) is -0.480. The first-order chi connectivity index (χ1) is 15.1. The van der Waals surface area contributed by atoms with Crippen molar-refractivity contribution in [3.05, 3.63) is 89.5 Å². The molecule has 0 unspecified atom stereocenters. The van der Waals surface area contributed by atoms with Gasteiger partial charge in [0, 0.05) is 12.5 Å². The summed E-state index contributed by atoms with van der Waals surface area (Å²) in [4.78, 5) is 23.1. The monoisotopic (exact) mass is 417 g/mol. The minimum absolute atomic E-state index is 0.0306. The van der Waals surface area contributed by atoms with Crippen LogP contribution in [0.1, 0.15) is 33.8 Å². The Morgan fingerprint density at radius 1 is 0.903 bits per heavy atom. The Morgan fingerprint density at radius 2 is 1.58 bits per heavy atom. The fourth-order valence-corrected chi connectivity index (χ4v) is 3.82. The molecule has 1 aliphatic rings. The van der Waals surface area contributed by atoms with Crippen LogP contribution in [0.5, 0.6) is 5.75 Å². The fourth-order valence-electron chi connectivity index (χ4n) is 3.82. The highest BCUT2D eigenvalue weighted by Gasteiger charge is 2.28. The second-order valence-electron chi connectivity index (χ2n) is 7.29. The van der Waals surface area contributed by atoms with Gasteiger partial charge in [-0.3, -0.25) is 0 Å². The number of benzene rings is 3. The summed E-state index contributed by atoms with van der Waals surface area (Å²) in [7, 11) is 0. The first kappa shape index (κ1) is 20.5. The maximum Gasteiger partial charge on any atom is 0.407 e. The van der Waals surface area contributed by atoms with E-state index in [0.717, 1.165) is 0 Å². The van der Waals surface area contributed by atoms with Crippen molar-refractivity contribution in [3.8, 4) is 16.9 Å². The number of carbonyl (C=O) groups is 2. The van der Waals surface area contributed by atoms with E-state index in [9.17, 15) is 9.59 Å². The molecule has 0 saturated carbocycles. The minimum atomic E-state index is -0.998. The first-order valence-electron chi connectivity index (χ1n) is 10.2. The van der Waals surface area contributed by atoms with Crippen LogP contribution in [-0.2, 0) is 4.74 Å². The Kier molecular flexibility index (Phi) is 6.17. The lowest BCUT2D eigenvalue weighted by atomic mass is 9.98. The van der Waals surface area contributed by atoms with E-state index in [0.29, 0.717) is 25.3 Å². The predicted octanol–water partition coefficient (Wildman–Crippen LogP) is 4.69. The second kappa shape index (κ2) is 9.34. The van der Waals surface area contributed by atoms with Gasteiger partial charge in [0.15, 0.2) is 0 Å². The molecule has 0 spiro atoms. The van der Waals surface area contributed by atoms with Crippen molar-refractivity contribution in [1.29, 1.82) is 0 Å². The normalized spacial score (nSPS) is 12.0. The van der Waals surface area contributed by atoms with Gasteiger partial charge >= 0.3 is 12.1 Å². The van der Waals surface area contributed by atoms with Gasteiger partial charge in [0.2, 0.25) is 0 Å². The topological polar surface area (TPSA) is 84.9 Å². The average Bonchev–Trinajstić information content (AvgIpc) is 3.11. The number of nitrogens with one attached hydrogen (secondary N) is 1. The number of carboxylic acid groups (broad SMARTS) is 1. The number of carbonyl (C=O) groups excluding carboxylic acids is 1. The number of carboxylic acids is 1. The van der Waals surface area contributed by atoms with Crippen LogP contribution in [0, 0.1) is 0 Å². The van der Waals surface area contributed by atoms with E-state index in [1.807, 2.05) is 24.3 Å². The van der Waals surface area contributed by atoms with E-state index >= 15 is 0 Å². The number of hydrogen-bond donors (Lipinski definition) is 2. The van der Waals surface area contributed by atoms with Crippen molar-refractivity contribution in [1.82, 2.24) is 5.32 Å². The van der Waals surface area contributed by atoms with Gasteiger partial charge in [0.25, 0.3) is 0 Å². The Labute approximate surface area is 180 Å². The summed E-state index contributed by atoms with van der Waals surface area (Å²) >= 11 is 0. The molecule has 0 atom stereocenters. The van der Waals surface area contributed by atoms with Gasteiger partial charge in [-0.2, -0.15) is 0 Å². The molecule has 0 radical (unpaired) electrons. The summed E-state index contributed by atoms with van der Waals surface area (Å²) in [6.45, 7) is 1.03. The first-order valence-corrected chi connectivity index (χ1v) is 10.2. The van der Waals surface area contributed by atoms with Crippen LogP contribution in [0.3, 0.4) is 0 Å². The van der Waals surface area contributed by atoms with Crippen molar-refractivity contribution in [2.24, 2.45) is 0 Å². The summed E-state index contributed by atoms with van der Waals surface area (Å²) in [6.07, 6.45) is 0.108. The number of rotatable bonds is 8. The number of alkyl carbamates (subject to hydrolysis) is 1. The molecule has 1 aliphatic carbocycles. The van der Waals surface area contributed by atoms with Gasteiger partial charge in [-0.1, -0.05) is 54.6 Å². The molecule has 0 aromatic heterocycles. The largest absolute Gasteiger partial charge is 0.494 e. The standard InChI is InChI=1S/C25H23NO5/c27-24(28)17-7-5-8-18(15-17)30-14-6-13-26-25(29)31-16-23-21-11-3-1-9-19(21)20-10-2-4-12-22(20)23/h1-5,7-12,15,23H,6,13-14,16H2,(H,26,29)(H,27,28). The molecular weight excluding hydrogens is 394 g/mol. The molecular formula is C25H23NO5. The van der Waals surface area contributed by atoms with Gasteiger partial charge < -0.3 is 19.9 Å². The zero-order chi connectivity index (χ0) is 21.6. The highest BCUT2D eigenvalue weighted by Crippen LogP contribution is 2.44. The zero-order valence-corrected chi connectivity index (χ0v) is 16.9.